The van der Waals surface area contributed by atoms with Gasteiger partial charge in [-0.05, 0) is 35.4 Å². The molecular weight excluding hydrogens is 696 g/mol. The lowest BCUT2D eigenvalue weighted by molar-refractivity contribution is 0.595. The highest BCUT2D eigenvalue weighted by Gasteiger charge is 2.24. The summed E-state index contributed by atoms with van der Waals surface area (Å²) >= 11 is 19.6. The predicted octanol–water partition coefficient (Wildman–Crippen LogP) is 7.44. The topological polar surface area (TPSA) is 23.1 Å². The van der Waals surface area contributed by atoms with Crippen molar-refractivity contribution in [1.29, 1.82) is 0 Å². The molecule has 0 amide bonds. The standard InChI is InChI=1S/C14H8Br6OS/c15-13(16,17)9-1-5-11(6-2-9)22(21)12-7-3-10(4-8-12)14(18,19)20/h1-8H. The van der Waals surface area contributed by atoms with Gasteiger partial charge in [-0.15, -0.1) is 0 Å². The first kappa shape index (κ1) is 19.9. The van der Waals surface area contributed by atoms with E-state index in [1.54, 1.807) is 0 Å². The van der Waals surface area contributed by atoms with Crippen molar-refractivity contribution in [3.8, 4) is 0 Å². The predicted molar refractivity (Wildman–Crippen MR) is 114 cm³/mol. The highest BCUT2D eigenvalue weighted by molar-refractivity contribution is 9.39. The first-order valence-corrected chi connectivity index (χ1v) is 11.8. The summed E-state index contributed by atoms with van der Waals surface area (Å²) in [4.78, 5) is 1.52. The third-order valence-electron chi connectivity index (χ3n) is 2.79. The van der Waals surface area contributed by atoms with Gasteiger partial charge in [0, 0.05) is 11.2 Å². The van der Waals surface area contributed by atoms with Crippen molar-refractivity contribution >= 4 is 107 Å². The summed E-state index contributed by atoms with van der Waals surface area (Å²) in [5.41, 5.74) is 1.98. The summed E-state index contributed by atoms with van der Waals surface area (Å²) in [6.07, 6.45) is 0. The SMILES string of the molecule is [O-][S+](c1ccc(C(Br)(Br)Br)cc1)c1ccc(C(Br)(Br)Br)cc1. The zero-order valence-electron chi connectivity index (χ0n) is 10.7. The van der Waals surface area contributed by atoms with Gasteiger partial charge >= 0.3 is 0 Å². The van der Waals surface area contributed by atoms with Crippen LogP contribution in [0.4, 0.5) is 0 Å². The Bertz CT molecular complexity index is 573. The van der Waals surface area contributed by atoms with Gasteiger partial charge in [0.1, 0.15) is 0 Å². The van der Waals surface area contributed by atoms with Gasteiger partial charge in [0.25, 0.3) is 0 Å². The molecule has 0 saturated carbocycles. The number of hydrogen-bond donors (Lipinski definition) is 0. The molecule has 0 aliphatic carbocycles. The molecule has 1 nitrogen and oxygen atoms in total. The van der Waals surface area contributed by atoms with Gasteiger partial charge in [-0.2, -0.15) is 0 Å². The van der Waals surface area contributed by atoms with Crippen LogP contribution in [0.5, 0.6) is 0 Å². The number of hydrogen-bond acceptors (Lipinski definition) is 1. The monoisotopic (exact) mass is 698 g/mol. The van der Waals surface area contributed by atoms with Crippen LogP contribution in [0, 0.1) is 0 Å². The van der Waals surface area contributed by atoms with Gasteiger partial charge < -0.3 is 4.55 Å². The van der Waals surface area contributed by atoms with E-state index >= 15 is 0 Å². The fourth-order valence-electron chi connectivity index (χ4n) is 1.67. The molecule has 0 bridgehead atoms. The van der Waals surface area contributed by atoms with Crippen LogP contribution < -0.4 is 0 Å². The average Bonchev–Trinajstić information content (AvgIpc) is 2.45. The quantitative estimate of drug-likeness (QED) is 0.236. The lowest BCUT2D eigenvalue weighted by Gasteiger charge is -2.16. The van der Waals surface area contributed by atoms with Crippen molar-refractivity contribution in [2.24, 2.45) is 0 Å². The van der Waals surface area contributed by atoms with Crippen LogP contribution in [0.25, 0.3) is 0 Å². The molecule has 118 valence electrons. The Morgan fingerprint density at radius 2 is 0.864 bits per heavy atom. The molecule has 8 heteroatoms. The normalized spacial score (nSPS) is 12.7. The molecule has 0 radical (unpaired) electrons. The molecule has 22 heavy (non-hydrogen) atoms. The summed E-state index contributed by atoms with van der Waals surface area (Å²) in [6, 6.07) is 15.1. The summed E-state index contributed by atoms with van der Waals surface area (Å²) in [5.74, 6) is 0. The van der Waals surface area contributed by atoms with Crippen LogP contribution >= 0.6 is 95.6 Å². The van der Waals surface area contributed by atoms with E-state index in [0.717, 1.165) is 20.9 Å². The van der Waals surface area contributed by atoms with E-state index in [0.29, 0.717) is 0 Å². The Morgan fingerprint density at radius 3 is 1.09 bits per heavy atom. The molecule has 0 aromatic heterocycles. The molecule has 0 saturated heterocycles. The first-order valence-electron chi connectivity index (χ1n) is 5.85. The lowest BCUT2D eigenvalue weighted by Crippen LogP contribution is -2.05. The van der Waals surface area contributed by atoms with Gasteiger partial charge in [0.05, 0.1) is 0 Å². The van der Waals surface area contributed by atoms with Crippen molar-refractivity contribution in [3.05, 3.63) is 59.7 Å². The Balaban J connectivity index is 2.23. The fraction of sp³-hybridized carbons (Fsp3) is 0.143. The van der Waals surface area contributed by atoms with Crippen LogP contribution in [0.1, 0.15) is 11.1 Å². The number of benzene rings is 2. The van der Waals surface area contributed by atoms with Crippen LogP contribution in [-0.4, -0.2) is 4.55 Å². The number of rotatable bonds is 2. The summed E-state index contributed by atoms with van der Waals surface area (Å²) in [5, 5.41) is 0. The third kappa shape index (κ3) is 5.31. The molecule has 0 aliphatic heterocycles. The number of halogens is 6. The molecule has 2 rings (SSSR count). The third-order valence-corrected chi connectivity index (χ3v) is 6.94. The van der Waals surface area contributed by atoms with Crippen LogP contribution in [0.3, 0.4) is 0 Å². The Hall–Kier alpha value is 1.63. The Morgan fingerprint density at radius 1 is 0.591 bits per heavy atom. The fourth-order valence-corrected chi connectivity index (χ4v) is 4.30. The Kier molecular flexibility index (Phi) is 7.15. The minimum atomic E-state index is -1.21. The van der Waals surface area contributed by atoms with Crippen molar-refractivity contribution in [2.45, 2.75) is 14.1 Å². The van der Waals surface area contributed by atoms with Gasteiger partial charge in [0.15, 0.2) is 14.1 Å². The maximum Gasteiger partial charge on any atom is 0.159 e. The molecule has 0 unspecified atom stereocenters. The van der Waals surface area contributed by atoms with E-state index in [1.807, 2.05) is 48.5 Å². The molecule has 0 aliphatic rings. The highest BCUT2D eigenvalue weighted by Crippen LogP contribution is 2.45. The van der Waals surface area contributed by atoms with Crippen LogP contribution in [-0.2, 0) is 15.5 Å². The van der Waals surface area contributed by atoms with Gasteiger partial charge in [0.2, 0.25) is 0 Å². The molecule has 2 aromatic carbocycles. The van der Waals surface area contributed by atoms with Gasteiger partial charge in [-0.25, -0.2) is 0 Å². The van der Waals surface area contributed by atoms with E-state index in [1.165, 1.54) is 0 Å². The summed E-state index contributed by atoms with van der Waals surface area (Å²) in [7, 11) is 0. The smallest absolute Gasteiger partial charge is 0.159 e. The zero-order chi connectivity index (χ0) is 16.5. The molecule has 0 N–H and O–H groups in total. The first-order chi connectivity index (χ1) is 10.1. The zero-order valence-corrected chi connectivity index (χ0v) is 21.0. The summed E-state index contributed by atoms with van der Waals surface area (Å²) in [6.45, 7) is 0. The van der Waals surface area contributed by atoms with Crippen molar-refractivity contribution < 1.29 is 4.55 Å². The molecule has 0 heterocycles. The maximum absolute atomic E-state index is 12.6. The second kappa shape index (κ2) is 7.89. The molecule has 0 spiro atoms. The minimum Gasteiger partial charge on any atom is -0.606 e. The molecule has 0 fully saturated rings. The lowest BCUT2D eigenvalue weighted by atomic mass is 10.2. The summed E-state index contributed by atoms with van der Waals surface area (Å²) < 4.78 is 11.7. The van der Waals surface area contributed by atoms with Crippen LogP contribution in [0.2, 0.25) is 0 Å². The molecular formula is C14H8Br6OS. The van der Waals surface area contributed by atoms with E-state index in [-0.39, 0.29) is 0 Å². The van der Waals surface area contributed by atoms with E-state index < -0.39 is 15.5 Å². The van der Waals surface area contributed by atoms with Crippen molar-refractivity contribution in [2.75, 3.05) is 0 Å². The van der Waals surface area contributed by atoms with Crippen molar-refractivity contribution in [1.82, 2.24) is 0 Å². The van der Waals surface area contributed by atoms with E-state index in [2.05, 4.69) is 95.6 Å². The second-order valence-electron chi connectivity index (χ2n) is 4.31. The molecule has 0 atom stereocenters. The van der Waals surface area contributed by atoms with Gasteiger partial charge in [-0.3, -0.25) is 0 Å². The maximum atomic E-state index is 12.6. The van der Waals surface area contributed by atoms with Crippen LogP contribution in [0.15, 0.2) is 58.3 Å². The Labute approximate surface area is 183 Å². The molecule has 2 aromatic rings. The largest absolute Gasteiger partial charge is 0.606 e. The van der Waals surface area contributed by atoms with E-state index in [4.69, 9.17) is 0 Å². The highest BCUT2D eigenvalue weighted by atomic mass is 80.0. The van der Waals surface area contributed by atoms with Gasteiger partial charge in [-0.1, -0.05) is 120 Å². The minimum absolute atomic E-state index is 0.459. The van der Waals surface area contributed by atoms with E-state index in [9.17, 15) is 4.55 Å². The second-order valence-corrected chi connectivity index (χ2v) is 19.3. The van der Waals surface area contributed by atoms with Crippen molar-refractivity contribution in [3.63, 3.8) is 0 Å². The average molecular weight is 704 g/mol. The number of alkyl halides is 6.